The lowest BCUT2D eigenvalue weighted by molar-refractivity contribution is -0.0641. The number of aliphatic hydroxyl groups is 1. The van der Waals surface area contributed by atoms with Gasteiger partial charge in [0.2, 0.25) is 0 Å². The molecule has 1 rings (SSSR count). The van der Waals surface area contributed by atoms with Crippen LogP contribution < -0.4 is 0 Å². The molecule has 0 atom stereocenters. The third kappa shape index (κ3) is 2.96. The van der Waals surface area contributed by atoms with Crippen molar-refractivity contribution in [1.82, 2.24) is 4.90 Å². The van der Waals surface area contributed by atoms with Crippen LogP contribution in [-0.2, 0) is 0 Å². The highest BCUT2D eigenvalue weighted by molar-refractivity contribution is 4.98. The summed E-state index contributed by atoms with van der Waals surface area (Å²) < 4.78 is 0. The fourth-order valence-electron chi connectivity index (χ4n) is 2.32. The number of nitrogens with zero attached hydrogens (tertiary/aromatic N) is 1. The molecular weight excluding hydrogens is 174 g/mol. The fourth-order valence-corrected chi connectivity index (χ4v) is 2.32. The predicted octanol–water partition coefficient (Wildman–Crippen LogP) is 2.90. The summed E-state index contributed by atoms with van der Waals surface area (Å²) in [7, 11) is 2.14. The van der Waals surface area contributed by atoms with E-state index in [1.54, 1.807) is 0 Å². The molecule has 1 saturated heterocycles. The molecule has 0 saturated carbocycles. The molecule has 0 aromatic rings. The molecule has 0 unspecified atom stereocenters. The van der Waals surface area contributed by atoms with Crippen LogP contribution in [0.15, 0.2) is 0 Å². The van der Waals surface area contributed by atoms with Gasteiger partial charge in [-0.25, -0.2) is 0 Å². The van der Waals surface area contributed by atoms with Gasteiger partial charge in [-0.3, -0.25) is 4.90 Å². The summed E-state index contributed by atoms with van der Waals surface area (Å²) in [6, 6.07) is 0. The largest absolute Gasteiger partial charge is 0.393 e. The maximum Gasteiger partial charge on any atom is 0.0575 e. The van der Waals surface area contributed by atoms with Gasteiger partial charge >= 0.3 is 0 Å². The SMILES string of the molecule is C.C.CN1C(C)(C)CC(O)CC1(C)C. The molecule has 0 aromatic carbocycles. The molecule has 1 N–H and O–H groups in total. The van der Waals surface area contributed by atoms with Gasteiger partial charge in [0.05, 0.1) is 6.10 Å². The molecule has 1 fully saturated rings. The molecule has 88 valence electrons. The van der Waals surface area contributed by atoms with Gasteiger partial charge in [0.25, 0.3) is 0 Å². The zero-order valence-electron chi connectivity index (χ0n) is 8.89. The average Bonchev–Trinajstić information content (AvgIpc) is 1.80. The van der Waals surface area contributed by atoms with E-state index in [-0.39, 0.29) is 32.0 Å². The molecule has 14 heavy (non-hydrogen) atoms. The lowest BCUT2D eigenvalue weighted by atomic mass is 9.79. The van der Waals surface area contributed by atoms with E-state index in [9.17, 15) is 5.11 Å². The van der Waals surface area contributed by atoms with Gasteiger partial charge in [0.1, 0.15) is 0 Å². The summed E-state index contributed by atoms with van der Waals surface area (Å²) in [6.45, 7) is 8.77. The third-order valence-corrected chi connectivity index (χ3v) is 3.29. The van der Waals surface area contributed by atoms with E-state index >= 15 is 0 Å². The summed E-state index contributed by atoms with van der Waals surface area (Å²) in [5.41, 5.74) is 0.252. The minimum Gasteiger partial charge on any atom is -0.393 e. The Balaban J connectivity index is 0. The smallest absolute Gasteiger partial charge is 0.0575 e. The molecule has 1 heterocycles. The van der Waals surface area contributed by atoms with E-state index < -0.39 is 0 Å². The van der Waals surface area contributed by atoms with E-state index in [1.807, 2.05) is 0 Å². The second kappa shape index (κ2) is 4.63. The van der Waals surface area contributed by atoms with Crippen molar-refractivity contribution in [1.29, 1.82) is 0 Å². The normalized spacial score (nSPS) is 26.1. The van der Waals surface area contributed by atoms with E-state index in [0.29, 0.717) is 0 Å². The molecule has 2 nitrogen and oxygen atoms in total. The van der Waals surface area contributed by atoms with Gasteiger partial charge in [-0.05, 0) is 47.6 Å². The number of rotatable bonds is 0. The van der Waals surface area contributed by atoms with Crippen molar-refractivity contribution in [3.63, 3.8) is 0 Å². The monoisotopic (exact) mass is 203 g/mol. The summed E-state index contributed by atoms with van der Waals surface area (Å²) in [5.74, 6) is 0. The van der Waals surface area contributed by atoms with Crippen molar-refractivity contribution in [3.8, 4) is 0 Å². The summed E-state index contributed by atoms with van der Waals surface area (Å²) in [5, 5.41) is 9.67. The predicted molar refractivity (Wildman–Crippen MR) is 64.6 cm³/mol. The Bertz CT molecular complexity index is 157. The number of piperidine rings is 1. The molecular formula is C12H29NO. The first-order valence-electron chi connectivity index (χ1n) is 4.68. The van der Waals surface area contributed by atoms with Gasteiger partial charge in [0.15, 0.2) is 0 Å². The van der Waals surface area contributed by atoms with Crippen LogP contribution in [0.3, 0.4) is 0 Å². The Morgan fingerprint density at radius 1 is 1.00 bits per heavy atom. The lowest BCUT2D eigenvalue weighted by Crippen LogP contribution is -2.59. The van der Waals surface area contributed by atoms with Gasteiger partial charge in [0, 0.05) is 11.1 Å². The molecule has 0 spiro atoms. The van der Waals surface area contributed by atoms with Crippen molar-refractivity contribution in [3.05, 3.63) is 0 Å². The van der Waals surface area contributed by atoms with Crippen LogP contribution in [0.1, 0.15) is 55.4 Å². The van der Waals surface area contributed by atoms with E-state index in [4.69, 9.17) is 0 Å². The Kier molecular flexibility index (Phi) is 5.40. The molecule has 2 heteroatoms. The summed E-state index contributed by atoms with van der Waals surface area (Å²) in [4.78, 5) is 2.37. The van der Waals surface area contributed by atoms with Crippen LogP contribution in [0.4, 0.5) is 0 Å². The zero-order chi connectivity index (χ0) is 9.57. The van der Waals surface area contributed by atoms with Crippen molar-refractivity contribution in [2.24, 2.45) is 0 Å². The first-order valence-corrected chi connectivity index (χ1v) is 4.68. The van der Waals surface area contributed by atoms with E-state index in [1.165, 1.54) is 0 Å². The molecule has 1 aliphatic heterocycles. The minimum atomic E-state index is -0.133. The zero-order valence-corrected chi connectivity index (χ0v) is 8.89. The van der Waals surface area contributed by atoms with Crippen LogP contribution in [0, 0.1) is 0 Å². The summed E-state index contributed by atoms with van der Waals surface area (Å²) >= 11 is 0. The Hall–Kier alpha value is -0.0800. The van der Waals surface area contributed by atoms with Crippen molar-refractivity contribution in [2.75, 3.05) is 7.05 Å². The highest BCUT2D eigenvalue weighted by Gasteiger charge is 2.42. The highest BCUT2D eigenvalue weighted by atomic mass is 16.3. The summed E-state index contributed by atoms with van der Waals surface area (Å²) in [6.07, 6.45) is 1.63. The van der Waals surface area contributed by atoms with Gasteiger partial charge in [-0.2, -0.15) is 0 Å². The van der Waals surface area contributed by atoms with Crippen molar-refractivity contribution >= 4 is 0 Å². The van der Waals surface area contributed by atoms with Crippen molar-refractivity contribution < 1.29 is 5.11 Å². The molecule has 0 aliphatic carbocycles. The number of likely N-dealkylation sites (tertiary alicyclic amines) is 1. The Morgan fingerprint density at radius 2 is 1.29 bits per heavy atom. The minimum absolute atomic E-state index is 0. The second-order valence-electron chi connectivity index (χ2n) is 5.25. The Labute approximate surface area is 90.3 Å². The maximum atomic E-state index is 9.67. The standard InChI is InChI=1S/C10H21NO.2CH4/c1-9(2)6-8(12)7-10(3,4)11(9)5;;/h8,12H,6-7H2,1-5H3;2*1H4. The Morgan fingerprint density at radius 3 is 1.57 bits per heavy atom. The van der Waals surface area contributed by atoms with Crippen LogP contribution in [0.5, 0.6) is 0 Å². The first-order chi connectivity index (χ1) is 5.26. The highest BCUT2D eigenvalue weighted by Crippen LogP contribution is 2.36. The lowest BCUT2D eigenvalue weighted by Gasteiger charge is -2.52. The van der Waals surface area contributed by atoms with Gasteiger partial charge in [-0.15, -0.1) is 0 Å². The number of hydrogen-bond donors (Lipinski definition) is 1. The molecule has 0 radical (unpaired) electrons. The molecule has 0 bridgehead atoms. The quantitative estimate of drug-likeness (QED) is 0.654. The molecule has 0 amide bonds. The second-order valence-corrected chi connectivity index (χ2v) is 5.25. The van der Waals surface area contributed by atoms with Gasteiger partial charge in [-0.1, -0.05) is 14.9 Å². The topological polar surface area (TPSA) is 23.5 Å². The number of hydrogen-bond acceptors (Lipinski definition) is 2. The molecule has 1 aliphatic rings. The maximum absolute atomic E-state index is 9.67. The van der Waals surface area contributed by atoms with Crippen LogP contribution in [-0.4, -0.2) is 34.2 Å². The van der Waals surface area contributed by atoms with Gasteiger partial charge < -0.3 is 5.11 Å². The van der Waals surface area contributed by atoms with Crippen LogP contribution >= 0.6 is 0 Å². The average molecular weight is 203 g/mol. The van der Waals surface area contributed by atoms with E-state index in [2.05, 4.69) is 39.6 Å². The van der Waals surface area contributed by atoms with E-state index in [0.717, 1.165) is 12.8 Å². The fraction of sp³-hybridized carbons (Fsp3) is 1.00. The molecule has 0 aromatic heterocycles. The number of aliphatic hydroxyl groups excluding tert-OH is 1. The first kappa shape index (κ1) is 16.4. The van der Waals surface area contributed by atoms with Crippen LogP contribution in [0.2, 0.25) is 0 Å². The van der Waals surface area contributed by atoms with Crippen molar-refractivity contribution in [2.45, 2.75) is 72.6 Å². The van der Waals surface area contributed by atoms with Crippen LogP contribution in [0.25, 0.3) is 0 Å². The third-order valence-electron chi connectivity index (χ3n) is 3.29.